The summed E-state index contributed by atoms with van der Waals surface area (Å²) in [6.45, 7) is 8.22. The van der Waals surface area contributed by atoms with Crippen molar-refractivity contribution in [2.75, 3.05) is 7.05 Å². The highest BCUT2D eigenvalue weighted by Crippen LogP contribution is 2.33. The van der Waals surface area contributed by atoms with Gasteiger partial charge in [-0.2, -0.15) is 0 Å². The Labute approximate surface area is 91.7 Å². The Balaban J connectivity index is 3.13. The molecule has 1 atom stereocenters. The van der Waals surface area contributed by atoms with Gasteiger partial charge in [-0.25, -0.2) is 4.39 Å². The van der Waals surface area contributed by atoms with Crippen molar-refractivity contribution in [1.82, 2.24) is 5.32 Å². The Hall–Kier alpha value is -0.890. The van der Waals surface area contributed by atoms with Crippen LogP contribution in [0.4, 0.5) is 4.39 Å². The van der Waals surface area contributed by atoms with Crippen LogP contribution in [-0.4, -0.2) is 7.05 Å². The molecule has 0 saturated heterocycles. The molecule has 0 bridgehead atoms. The van der Waals surface area contributed by atoms with Gasteiger partial charge in [-0.05, 0) is 31.0 Å². The zero-order chi connectivity index (χ0) is 11.6. The van der Waals surface area contributed by atoms with Crippen molar-refractivity contribution in [3.63, 3.8) is 0 Å². The third-order valence-corrected chi connectivity index (χ3v) is 2.62. The first-order valence-electron chi connectivity index (χ1n) is 5.29. The molecule has 1 unspecified atom stereocenters. The molecule has 1 N–H and O–H groups in total. The van der Waals surface area contributed by atoms with E-state index in [1.807, 2.05) is 26.1 Å². The zero-order valence-corrected chi connectivity index (χ0v) is 10.2. The van der Waals surface area contributed by atoms with Gasteiger partial charge in [0, 0.05) is 11.6 Å². The molecule has 0 aliphatic heterocycles. The molecule has 84 valence electrons. The summed E-state index contributed by atoms with van der Waals surface area (Å²) < 4.78 is 13.8. The highest BCUT2D eigenvalue weighted by atomic mass is 19.1. The molecule has 0 heterocycles. The van der Waals surface area contributed by atoms with Gasteiger partial charge in [-0.3, -0.25) is 0 Å². The fourth-order valence-corrected chi connectivity index (χ4v) is 1.92. The average Bonchev–Trinajstić information content (AvgIpc) is 2.07. The molecule has 0 spiro atoms. The van der Waals surface area contributed by atoms with Gasteiger partial charge in [0.05, 0.1) is 0 Å². The highest BCUT2D eigenvalue weighted by Gasteiger charge is 2.26. The Bertz CT molecular complexity index is 339. The summed E-state index contributed by atoms with van der Waals surface area (Å²) in [6.07, 6.45) is 0. The van der Waals surface area contributed by atoms with Gasteiger partial charge >= 0.3 is 0 Å². The number of halogens is 1. The van der Waals surface area contributed by atoms with Gasteiger partial charge in [-0.1, -0.05) is 32.9 Å². The van der Waals surface area contributed by atoms with E-state index in [1.54, 1.807) is 6.07 Å². The lowest BCUT2D eigenvalue weighted by Crippen LogP contribution is -2.30. The minimum Gasteiger partial charge on any atom is -0.312 e. The van der Waals surface area contributed by atoms with Gasteiger partial charge in [0.1, 0.15) is 5.82 Å². The summed E-state index contributed by atoms with van der Waals surface area (Å²) in [7, 11) is 1.87. The smallest absolute Gasteiger partial charge is 0.128 e. The lowest BCUT2D eigenvalue weighted by atomic mass is 9.82. The van der Waals surface area contributed by atoms with Crippen molar-refractivity contribution in [3.05, 3.63) is 35.1 Å². The van der Waals surface area contributed by atoms with Crippen LogP contribution >= 0.6 is 0 Å². The molecule has 1 aromatic carbocycles. The first-order chi connectivity index (χ1) is 6.86. The van der Waals surface area contributed by atoms with Gasteiger partial charge in [0.2, 0.25) is 0 Å². The normalized spacial score (nSPS) is 14.0. The second-order valence-electron chi connectivity index (χ2n) is 5.11. The van der Waals surface area contributed by atoms with E-state index in [0.717, 1.165) is 11.1 Å². The minimum atomic E-state index is -0.121. The van der Waals surface area contributed by atoms with E-state index in [1.165, 1.54) is 0 Å². The van der Waals surface area contributed by atoms with Crippen LogP contribution in [0.15, 0.2) is 18.2 Å². The summed E-state index contributed by atoms with van der Waals surface area (Å²) in [4.78, 5) is 0. The van der Waals surface area contributed by atoms with Crippen molar-refractivity contribution < 1.29 is 4.39 Å². The number of rotatable bonds is 2. The fourth-order valence-electron chi connectivity index (χ4n) is 1.92. The predicted molar refractivity (Wildman–Crippen MR) is 62.4 cm³/mol. The molecule has 0 radical (unpaired) electrons. The molecule has 2 heteroatoms. The van der Waals surface area contributed by atoms with Crippen LogP contribution in [0.5, 0.6) is 0 Å². The Morgan fingerprint density at radius 2 is 1.87 bits per heavy atom. The topological polar surface area (TPSA) is 12.0 Å². The van der Waals surface area contributed by atoms with E-state index in [2.05, 4.69) is 26.1 Å². The van der Waals surface area contributed by atoms with Gasteiger partial charge in [0.25, 0.3) is 0 Å². The van der Waals surface area contributed by atoms with E-state index in [9.17, 15) is 4.39 Å². The molecule has 15 heavy (non-hydrogen) atoms. The number of hydrogen-bond acceptors (Lipinski definition) is 1. The summed E-state index contributed by atoms with van der Waals surface area (Å²) in [5.41, 5.74) is 1.71. The second kappa shape index (κ2) is 4.31. The highest BCUT2D eigenvalue weighted by molar-refractivity contribution is 5.27. The van der Waals surface area contributed by atoms with Crippen LogP contribution in [0.25, 0.3) is 0 Å². The quantitative estimate of drug-likeness (QED) is 0.786. The average molecular weight is 209 g/mol. The van der Waals surface area contributed by atoms with Crippen LogP contribution in [0.1, 0.15) is 37.9 Å². The molecular formula is C13H20FN. The molecule has 0 aliphatic carbocycles. The van der Waals surface area contributed by atoms with Gasteiger partial charge < -0.3 is 5.32 Å². The number of benzene rings is 1. The standard InChI is InChI=1S/C13H20FN/c1-9-6-7-10(11(14)8-9)12(15-5)13(2,3)4/h6-8,12,15H,1-5H3. The molecule has 0 saturated carbocycles. The number of hydrogen-bond donors (Lipinski definition) is 1. The minimum absolute atomic E-state index is 0.00481. The van der Waals surface area contributed by atoms with Crippen molar-refractivity contribution >= 4 is 0 Å². The maximum absolute atomic E-state index is 13.8. The summed E-state index contributed by atoms with van der Waals surface area (Å²) >= 11 is 0. The third kappa shape index (κ3) is 2.78. The van der Waals surface area contributed by atoms with E-state index in [0.29, 0.717) is 0 Å². The molecule has 1 rings (SSSR count). The van der Waals surface area contributed by atoms with Crippen molar-refractivity contribution in [2.45, 2.75) is 33.7 Å². The van der Waals surface area contributed by atoms with Crippen molar-refractivity contribution in [3.8, 4) is 0 Å². The lowest BCUT2D eigenvalue weighted by molar-refractivity contribution is 0.280. The summed E-state index contributed by atoms with van der Waals surface area (Å²) in [5.74, 6) is -0.121. The van der Waals surface area contributed by atoms with Crippen LogP contribution in [0, 0.1) is 18.2 Å². The number of nitrogens with one attached hydrogen (secondary N) is 1. The lowest BCUT2D eigenvalue weighted by Gasteiger charge is -2.31. The molecular weight excluding hydrogens is 189 g/mol. The second-order valence-corrected chi connectivity index (χ2v) is 5.11. The van der Waals surface area contributed by atoms with E-state index < -0.39 is 0 Å². The van der Waals surface area contributed by atoms with Gasteiger partial charge in [0.15, 0.2) is 0 Å². The molecule has 1 nitrogen and oxygen atoms in total. The Morgan fingerprint density at radius 3 is 2.27 bits per heavy atom. The van der Waals surface area contributed by atoms with Crippen LogP contribution in [0.3, 0.4) is 0 Å². The molecule has 0 aliphatic rings. The van der Waals surface area contributed by atoms with E-state index in [4.69, 9.17) is 0 Å². The van der Waals surface area contributed by atoms with Crippen LogP contribution < -0.4 is 5.32 Å². The first kappa shape index (κ1) is 12.2. The molecule has 0 amide bonds. The van der Waals surface area contributed by atoms with Crippen molar-refractivity contribution in [1.29, 1.82) is 0 Å². The maximum Gasteiger partial charge on any atom is 0.128 e. The molecule has 0 aromatic heterocycles. The van der Waals surface area contributed by atoms with Crippen LogP contribution in [0.2, 0.25) is 0 Å². The Kier molecular flexibility index (Phi) is 3.50. The summed E-state index contributed by atoms with van der Waals surface area (Å²) in [6, 6.07) is 5.45. The maximum atomic E-state index is 13.8. The predicted octanol–water partition coefficient (Wildman–Crippen LogP) is 3.44. The largest absolute Gasteiger partial charge is 0.312 e. The van der Waals surface area contributed by atoms with E-state index in [-0.39, 0.29) is 17.3 Å². The zero-order valence-electron chi connectivity index (χ0n) is 10.2. The monoisotopic (exact) mass is 209 g/mol. The Morgan fingerprint density at radius 1 is 1.27 bits per heavy atom. The number of aryl methyl sites for hydroxylation is 1. The van der Waals surface area contributed by atoms with E-state index >= 15 is 0 Å². The fraction of sp³-hybridized carbons (Fsp3) is 0.538. The molecule has 1 aromatic rings. The van der Waals surface area contributed by atoms with Crippen molar-refractivity contribution in [2.24, 2.45) is 5.41 Å². The molecule has 0 fully saturated rings. The van der Waals surface area contributed by atoms with Crippen LogP contribution in [-0.2, 0) is 0 Å². The SMILES string of the molecule is CNC(c1ccc(C)cc1F)C(C)(C)C. The third-order valence-electron chi connectivity index (χ3n) is 2.62. The summed E-state index contributed by atoms with van der Waals surface area (Å²) in [5, 5.41) is 3.18. The van der Waals surface area contributed by atoms with Gasteiger partial charge in [-0.15, -0.1) is 0 Å². The first-order valence-corrected chi connectivity index (χ1v) is 5.29.